The van der Waals surface area contributed by atoms with E-state index >= 15 is 0 Å². The van der Waals surface area contributed by atoms with Crippen LogP contribution in [0, 0.1) is 0 Å². The zero-order valence-electron chi connectivity index (χ0n) is 11.3. The van der Waals surface area contributed by atoms with E-state index in [1.54, 1.807) is 19.2 Å². The number of nitrogens with two attached hydrogens (primary N) is 1. The molecular weight excluding hydrogens is 244 g/mol. The molecule has 19 heavy (non-hydrogen) atoms. The van der Waals surface area contributed by atoms with Gasteiger partial charge in [0.05, 0.1) is 0 Å². The molecule has 0 unspecified atom stereocenters. The number of anilines is 1. The van der Waals surface area contributed by atoms with Crippen molar-refractivity contribution in [2.75, 3.05) is 18.9 Å². The van der Waals surface area contributed by atoms with Gasteiger partial charge < -0.3 is 16.4 Å². The minimum Gasteiger partial charge on any atom is -0.373 e. The van der Waals surface area contributed by atoms with Crippen LogP contribution in [0.5, 0.6) is 0 Å². The van der Waals surface area contributed by atoms with Crippen LogP contribution in [0.4, 0.5) is 5.82 Å². The molecule has 0 aliphatic rings. The largest absolute Gasteiger partial charge is 0.373 e. The molecule has 1 aromatic rings. The predicted molar refractivity (Wildman–Crippen MR) is 73.9 cm³/mol. The second-order valence-electron chi connectivity index (χ2n) is 4.20. The van der Waals surface area contributed by atoms with Crippen LogP contribution in [0.1, 0.15) is 35.8 Å². The molecular formula is C13H20N4O2. The molecule has 0 atom stereocenters. The first kappa shape index (κ1) is 14.9. The van der Waals surface area contributed by atoms with Gasteiger partial charge in [-0.25, -0.2) is 4.98 Å². The van der Waals surface area contributed by atoms with Crippen molar-refractivity contribution < 1.29 is 9.59 Å². The van der Waals surface area contributed by atoms with E-state index in [1.165, 1.54) is 0 Å². The zero-order chi connectivity index (χ0) is 14.3. The Morgan fingerprint density at radius 1 is 1.37 bits per heavy atom. The molecule has 2 amide bonds. The second-order valence-corrected chi connectivity index (χ2v) is 4.20. The number of carbonyl (C=O) groups excluding carboxylic acids is 2. The molecule has 0 bridgehead atoms. The van der Waals surface area contributed by atoms with E-state index < -0.39 is 5.91 Å². The van der Waals surface area contributed by atoms with Crippen LogP contribution in [-0.2, 0) is 11.2 Å². The Kier molecular flexibility index (Phi) is 5.78. The Bertz CT molecular complexity index is 460. The van der Waals surface area contributed by atoms with Crippen LogP contribution in [0.3, 0.4) is 0 Å². The Hall–Kier alpha value is -2.11. The fourth-order valence-electron chi connectivity index (χ4n) is 1.63. The monoisotopic (exact) mass is 264 g/mol. The van der Waals surface area contributed by atoms with Crippen molar-refractivity contribution in [3.05, 3.63) is 23.4 Å². The van der Waals surface area contributed by atoms with Crippen LogP contribution in [-0.4, -0.2) is 30.4 Å². The molecule has 104 valence electrons. The van der Waals surface area contributed by atoms with Crippen LogP contribution < -0.4 is 16.4 Å². The number of aromatic nitrogens is 1. The summed E-state index contributed by atoms with van der Waals surface area (Å²) in [5, 5.41) is 5.59. The standard InChI is InChI=1S/C13H20N4O2/c1-3-4-10-7-9(8-12(15-2)17-10)13(19)16-6-5-11(14)18/h7-8H,3-6H2,1-2H3,(H2,14,18)(H,15,17)(H,16,19). The van der Waals surface area contributed by atoms with Gasteiger partial charge in [-0.3, -0.25) is 9.59 Å². The van der Waals surface area contributed by atoms with E-state index in [1.807, 2.05) is 0 Å². The Balaban J connectivity index is 2.77. The lowest BCUT2D eigenvalue weighted by Crippen LogP contribution is -2.28. The Morgan fingerprint density at radius 3 is 2.68 bits per heavy atom. The highest BCUT2D eigenvalue weighted by atomic mass is 16.2. The summed E-state index contributed by atoms with van der Waals surface area (Å²) in [6.45, 7) is 2.30. The van der Waals surface area contributed by atoms with Crippen molar-refractivity contribution >= 4 is 17.6 Å². The molecule has 0 aliphatic heterocycles. The van der Waals surface area contributed by atoms with E-state index in [-0.39, 0.29) is 18.9 Å². The van der Waals surface area contributed by atoms with Gasteiger partial charge in [0.15, 0.2) is 0 Å². The lowest BCUT2D eigenvalue weighted by atomic mass is 10.1. The number of pyridine rings is 1. The number of nitrogens with zero attached hydrogens (tertiary/aromatic N) is 1. The third-order valence-electron chi connectivity index (χ3n) is 2.56. The number of hydrogen-bond donors (Lipinski definition) is 3. The van der Waals surface area contributed by atoms with E-state index in [4.69, 9.17) is 5.73 Å². The molecule has 1 rings (SSSR count). The number of carbonyl (C=O) groups is 2. The number of primary amides is 1. The van der Waals surface area contributed by atoms with Crippen molar-refractivity contribution in [3.63, 3.8) is 0 Å². The molecule has 0 saturated carbocycles. The number of amides is 2. The van der Waals surface area contributed by atoms with Crippen LogP contribution in [0.2, 0.25) is 0 Å². The molecule has 6 heteroatoms. The highest BCUT2D eigenvalue weighted by Gasteiger charge is 2.09. The summed E-state index contributed by atoms with van der Waals surface area (Å²) >= 11 is 0. The van der Waals surface area contributed by atoms with Crippen LogP contribution in [0.25, 0.3) is 0 Å². The van der Waals surface area contributed by atoms with Crippen molar-refractivity contribution in [1.29, 1.82) is 0 Å². The molecule has 0 radical (unpaired) electrons. The van der Waals surface area contributed by atoms with Gasteiger partial charge in [-0.05, 0) is 18.6 Å². The first-order valence-electron chi connectivity index (χ1n) is 6.32. The summed E-state index contributed by atoms with van der Waals surface area (Å²) in [6, 6.07) is 3.45. The van der Waals surface area contributed by atoms with Crippen molar-refractivity contribution in [2.24, 2.45) is 5.73 Å². The lowest BCUT2D eigenvalue weighted by molar-refractivity contribution is -0.117. The first-order valence-corrected chi connectivity index (χ1v) is 6.32. The quantitative estimate of drug-likeness (QED) is 0.674. The van der Waals surface area contributed by atoms with Gasteiger partial charge in [0.1, 0.15) is 5.82 Å². The molecule has 1 heterocycles. The van der Waals surface area contributed by atoms with Gasteiger partial charge >= 0.3 is 0 Å². The SMILES string of the molecule is CCCc1cc(C(=O)NCCC(N)=O)cc(NC)n1. The maximum absolute atomic E-state index is 11.9. The molecule has 6 nitrogen and oxygen atoms in total. The molecule has 4 N–H and O–H groups in total. The summed E-state index contributed by atoms with van der Waals surface area (Å²) in [6.07, 6.45) is 1.91. The molecule has 0 saturated heterocycles. The van der Waals surface area contributed by atoms with Crippen molar-refractivity contribution in [3.8, 4) is 0 Å². The molecule has 0 aromatic carbocycles. The van der Waals surface area contributed by atoms with E-state index in [0.717, 1.165) is 18.5 Å². The minimum absolute atomic E-state index is 0.136. The van der Waals surface area contributed by atoms with E-state index in [0.29, 0.717) is 11.4 Å². The summed E-state index contributed by atoms with van der Waals surface area (Å²) in [5.41, 5.74) is 6.42. The van der Waals surface area contributed by atoms with Gasteiger partial charge in [-0.1, -0.05) is 13.3 Å². The summed E-state index contributed by atoms with van der Waals surface area (Å²) in [4.78, 5) is 26.9. The Morgan fingerprint density at radius 2 is 2.11 bits per heavy atom. The van der Waals surface area contributed by atoms with Gasteiger partial charge in [0.25, 0.3) is 5.91 Å². The van der Waals surface area contributed by atoms with Gasteiger partial charge in [-0.2, -0.15) is 0 Å². The highest BCUT2D eigenvalue weighted by Crippen LogP contribution is 2.11. The van der Waals surface area contributed by atoms with E-state index in [2.05, 4.69) is 22.5 Å². The number of rotatable bonds is 7. The van der Waals surface area contributed by atoms with Crippen molar-refractivity contribution in [1.82, 2.24) is 10.3 Å². The van der Waals surface area contributed by atoms with Gasteiger partial charge in [0, 0.05) is 31.3 Å². The van der Waals surface area contributed by atoms with Gasteiger partial charge in [0.2, 0.25) is 5.91 Å². The number of nitrogens with one attached hydrogen (secondary N) is 2. The second kappa shape index (κ2) is 7.35. The predicted octanol–water partition coefficient (Wildman–Crippen LogP) is 0.681. The molecule has 0 aliphatic carbocycles. The minimum atomic E-state index is -0.433. The topological polar surface area (TPSA) is 97.1 Å². The van der Waals surface area contributed by atoms with Crippen LogP contribution >= 0.6 is 0 Å². The number of aryl methyl sites for hydroxylation is 1. The third kappa shape index (κ3) is 4.95. The first-order chi connectivity index (χ1) is 9.06. The fraction of sp³-hybridized carbons (Fsp3) is 0.462. The molecule has 0 spiro atoms. The molecule has 1 aromatic heterocycles. The number of hydrogen-bond acceptors (Lipinski definition) is 4. The van der Waals surface area contributed by atoms with Gasteiger partial charge in [-0.15, -0.1) is 0 Å². The average molecular weight is 264 g/mol. The maximum atomic E-state index is 11.9. The summed E-state index contributed by atoms with van der Waals surface area (Å²) < 4.78 is 0. The third-order valence-corrected chi connectivity index (χ3v) is 2.56. The van der Waals surface area contributed by atoms with E-state index in [9.17, 15) is 9.59 Å². The maximum Gasteiger partial charge on any atom is 0.251 e. The fourth-order valence-corrected chi connectivity index (χ4v) is 1.63. The van der Waals surface area contributed by atoms with Crippen LogP contribution in [0.15, 0.2) is 12.1 Å². The zero-order valence-corrected chi connectivity index (χ0v) is 11.3. The summed E-state index contributed by atoms with van der Waals surface area (Å²) in [5.74, 6) is 0.00104. The average Bonchev–Trinajstić information content (AvgIpc) is 2.38. The highest BCUT2D eigenvalue weighted by molar-refractivity contribution is 5.95. The lowest BCUT2D eigenvalue weighted by Gasteiger charge is -2.08. The van der Waals surface area contributed by atoms with Crippen molar-refractivity contribution in [2.45, 2.75) is 26.2 Å². The Labute approximate surface area is 112 Å². The smallest absolute Gasteiger partial charge is 0.251 e. The normalized spacial score (nSPS) is 10.0. The summed E-state index contributed by atoms with van der Waals surface area (Å²) in [7, 11) is 1.76. The molecule has 0 fully saturated rings.